The van der Waals surface area contributed by atoms with Crippen LogP contribution in [0.25, 0.3) is 0 Å². The zero-order valence-electron chi connectivity index (χ0n) is 9.20. The van der Waals surface area contributed by atoms with Crippen molar-refractivity contribution >= 4 is 5.69 Å². The predicted molar refractivity (Wildman–Crippen MR) is 60.6 cm³/mol. The highest BCUT2D eigenvalue weighted by Gasteiger charge is 1.96. The number of hydrogen-bond donors (Lipinski definition) is 1. The fraction of sp³-hybridized carbons (Fsp3) is 0.455. The molecule has 1 aromatic rings. The fourth-order valence-corrected chi connectivity index (χ4v) is 1.11. The number of hydrogen-bond acceptors (Lipinski definition) is 4. The average Bonchev–Trinajstić information content (AvgIpc) is 2.29. The van der Waals surface area contributed by atoms with Gasteiger partial charge >= 0.3 is 0 Å². The predicted octanol–water partition coefficient (Wildman–Crippen LogP) is 1.32. The Morgan fingerprint density at radius 2 is 2.33 bits per heavy atom. The summed E-state index contributed by atoms with van der Waals surface area (Å²) in [5, 5.41) is 11.8. The number of anilines is 1. The number of pyridine rings is 1. The third-order valence-corrected chi connectivity index (χ3v) is 2.24. The molecule has 0 bridgehead atoms. The Balaban J connectivity index is 2.35. The molecule has 1 heterocycles. The van der Waals surface area contributed by atoms with Crippen LogP contribution in [0.1, 0.15) is 12.6 Å². The average molecular weight is 204 g/mol. The zero-order valence-corrected chi connectivity index (χ0v) is 9.20. The smallest absolute Gasteiger partial charge is 0.140 e. The van der Waals surface area contributed by atoms with Crippen LogP contribution >= 0.6 is 0 Å². The Morgan fingerprint density at radius 3 is 2.87 bits per heavy atom. The van der Waals surface area contributed by atoms with Gasteiger partial charge in [0.15, 0.2) is 0 Å². The van der Waals surface area contributed by atoms with Crippen molar-refractivity contribution in [3.63, 3.8) is 0 Å². The minimum Gasteiger partial charge on any atom is -0.383 e. The molecular weight excluding hydrogens is 188 g/mol. The molecule has 15 heavy (non-hydrogen) atoms. The Bertz CT molecular complexity index is 325. The zero-order chi connectivity index (χ0) is 11.1. The maximum absolute atomic E-state index is 8.57. The molecule has 0 saturated heterocycles. The van der Waals surface area contributed by atoms with Crippen molar-refractivity contribution in [1.82, 2.24) is 9.88 Å². The first-order valence-electron chi connectivity index (χ1n) is 5.05. The van der Waals surface area contributed by atoms with Crippen LogP contribution in [-0.2, 0) is 0 Å². The Hall–Kier alpha value is -1.60. The van der Waals surface area contributed by atoms with E-state index >= 15 is 0 Å². The summed E-state index contributed by atoms with van der Waals surface area (Å²) < 4.78 is 0. The van der Waals surface area contributed by atoms with Crippen LogP contribution in [0.4, 0.5) is 5.69 Å². The first-order chi connectivity index (χ1) is 7.26. The standard InChI is InChI=1S/C11H16N4/c1-3-15(2)7-6-13-11-5-4-10(8-12)14-9-11/h4-5,9,13H,3,6-7H2,1-2H3. The number of nitrogens with one attached hydrogen (secondary N) is 1. The molecule has 80 valence electrons. The number of nitriles is 1. The van der Waals surface area contributed by atoms with Crippen molar-refractivity contribution in [2.75, 3.05) is 32.0 Å². The van der Waals surface area contributed by atoms with E-state index in [1.54, 1.807) is 12.3 Å². The molecule has 0 aromatic carbocycles. The molecule has 0 atom stereocenters. The van der Waals surface area contributed by atoms with Crippen molar-refractivity contribution in [2.24, 2.45) is 0 Å². The van der Waals surface area contributed by atoms with Gasteiger partial charge in [0.2, 0.25) is 0 Å². The van der Waals surface area contributed by atoms with Crippen LogP contribution < -0.4 is 5.32 Å². The van der Waals surface area contributed by atoms with Crippen molar-refractivity contribution in [3.8, 4) is 6.07 Å². The van der Waals surface area contributed by atoms with E-state index in [0.29, 0.717) is 5.69 Å². The first-order valence-corrected chi connectivity index (χ1v) is 5.05. The second-order valence-corrected chi connectivity index (χ2v) is 3.37. The molecule has 0 amide bonds. The van der Waals surface area contributed by atoms with Crippen molar-refractivity contribution in [3.05, 3.63) is 24.0 Å². The van der Waals surface area contributed by atoms with E-state index in [0.717, 1.165) is 25.3 Å². The van der Waals surface area contributed by atoms with E-state index in [1.807, 2.05) is 12.1 Å². The molecule has 0 saturated carbocycles. The lowest BCUT2D eigenvalue weighted by atomic mass is 10.3. The molecule has 4 heteroatoms. The molecule has 1 rings (SSSR count). The summed E-state index contributed by atoms with van der Waals surface area (Å²) >= 11 is 0. The number of aromatic nitrogens is 1. The highest BCUT2D eigenvalue weighted by atomic mass is 15.1. The number of nitrogens with zero attached hydrogens (tertiary/aromatic N) is 3. The van der Waals surface area contributed by atoms with Crippen molar-refractivity contribution < 1.29 is 0 Å². The second kappa shape index (κ2) is 5.99. The van der Waals surface area contributed by atoms with Gasteiger partial charge in [-0.25, -0.2) is 4.98 Å². The van der Waals surface area contributed by atoms with Gasteiger partial charge in [0.05, 0.1) is 11.9 Å². The molecule has 0 unspecified atom stereocenters. The van der Waals surface area contributed by atoms with E-state index in [1.165, 1.54) is 0 Å². The van der Waals surface area contributed by atoms with Gasteiger partial charge in [-0.15, -0.1) is 0 Å². The topological polar surface area (TPSA) is 52.0 Å². The lowest BCUT2D eigenvalue weighted by Crippen LogP contribution is -2.24. The Morgan fingerprint density at radius 1 is 1.53 bits per heavy atom. The third-order valence-electron chi connectivity index (χ3n) is 2.24. The molecule has 0 aliphatic heterocycles. The molecule has 1 aromatic heterocycles. The molecule has 0 radical (unpaired) electrons. The lowest BCUT2D eigenvalue weighted by Gasteiger charge is -2.14. The van der Waals surface area contributed by atoms with Crippen molar-refractivity contribution in [1.29, 1.82) is 5.26 Å². The molecule has 0 aliphatic rings. The number of likely N-dealkylation sites (N-methyl/N-ethyl adjacent to an activating group) is 1. The van der Waals surface area contributed by atoms with Gasteiger partial charge in [0, 0.05) is 13.1 Å². The van der Waals surface area contributed by atoms with Gasteiger partial charge in [0.25, 0.3) is 0 Å². The summed E-state index contributed by atoms with van der Waals surface area (Å²) in [5.41, 5.74) is 1.41. The molecule has 0 spiro atoms. The van der Waals surface area contributed by atoms with Gasteiger partial charge in [-0.2, -0.15) is 5.26 Å². The minimum absolute atomic E-state index is 0.450. The summed E-state index contributed by atoms with van der Waals surface area (Å²) in [7, 11) is 2.08. The summed E-state index contributed by atoms with van der Waals surface area (Å²) in [6.07, 6.45) is 1.69. The molecule has 4 nitrogen and oxygen atoms in total. The summed E-state index contributed by atoms with van der Waals surface area (Å²) in [6, 6.07) is 5.58. The molecule has 0 aliphatic carbocycles. The summed E-state index contributed by atoms with van der Waals surface area (Å²) in [4.78, 5) is 6.20. The Labute approximate surface area is 90.5 Å². The minimum atomic E-state index is 0.450. The highest BCUT2D eigenvalue weighted by molar-refractivity contribution is 5.42. The first kappa shape index (κ1) is 11.5. The van der Waals surface area contributed by atoms with Crippen LogP contribution in [0.2, 0.25) is 0 Å². The van der Waals surface area contributed by atoms with E-state index in [4.69, 9.17) is 5.26 Å². The molecular formula is C11H16N4. The van der Waals surface area contributed by atoms with Crippen LogP contribution in [0.5, 0.6) is 0 Å². The number of rotatable bonds is 5. The van der Waals surface area contributed by atoms with E-state index in [-0.39, 0.29) is 0 Å². The SMILES string of the molecule is CCN(C)CCNc1ccc(C#N)nc1. The van der Waals surface area contributed by atoms with E-state index < -0.39 is 0 Å². The van der Waals surface area contributed by atoms with Crippen LogP contribution in [0, 0.1) is 11.3 Å². The molecule has 0 fully saturated rings. The quantitative estimate of drug-likeness (QED) is 0.786. The van der Waals surface area contributed by atoms with Gasteiger partial charge in [-0.05, 0) is 25.7 Å². The fourth-order valence-electron chi connectivity index (χ4n) is 1.11. The van der Waals surface area contributed by atoms with E-state index in [2.05, 4.69) is 29.2 Å². The van der Waals surface area contributed by atoms with Gasteiger partial charge < -0.3 is 10.2 Å². The van der Waals surface area contributed by atoms with Crippen LogP contribution in [0.15, 0.2) is 18.3 Å². The Kier molecular flexibility index (Phi) is 4.58. The molecule has 1 N–H and O–H groups in total. The third kappa shape index (κ3) is 3.96. The normalized spacial score (nSPS) is 10.0. The largest absolute Gasteiger partial charge is 0.383 e. The van der Waals surface area contributed by atoms with Crippen LogP contribution in [0.3, 0.4) is 0 Å². The summed E-state index contributed by atoms with van der Waals surface area (Å²) in [5.74, 6) is 0. The van der Waals surface area contributed by atoms with Gasteiger partial charge in [0.1, 0.15) is 11.8 Å². The van der Waals surface area contributed by atoms with E-state index in [9.17, 15) is 0 Å². The summed E-state index contributed by atoms with van der Waals surface area (Å²) in [6.45, 7) is 5.06. The van der Waals surface area contributed by atoms with Crippen LogP contribution in [-0.4, -0.2) is 36.6 Å². The lowest BCUT2D eigenvalue weighted by molar-refractivity contribution is 0.367. The maximum Gasteiger partial charge on any atom is 0.140 e. The highest BCUT2D eigenvalue weighted by Crippen LogP contribution is 2.04. The van der Waals surface area contributed by atoms with Crippen molar-refractivity contribution in [2.45, 2.75) is 6.92 Å². The van der Waals surface area contributed by atoms with Gasteiger partial charge in [-0.1, -0.05) is 6.92 Å². The van der Waals surface area contributed by atoms with Gasteiger partial charge in [-0.3, -0.25) is 0 Å². The second-order valence-electron chi connectivity index (χ2n) is 3.37. The maximum atomic E-state index is 8.57. The monoisotopic (exact) mass is 204 g/mol.